The molecule has 0 spiro atoms. The molecule has 10 heteroatoms. The van der Waals surface area contributed by atoms with Gasteiger partial charge in [0.15, 0.2) is 6.10 Å². The van der Waals surface area contributed by atoms with Crippen LogP contribution in [0.25, 0.3) is 0 Å². The maximum atomic E-state index is 12.5. The number of esters is 2. The Morgan fingerprint density at radius 1 is 0.585 bits per heavy atom. The van der Waals surface area contributed by atoms with Crippen molar-refractivity contribution in [3.05, 3.63) is 72.9 Å². The van der Waals surface area contributed by atoms with Gasteiger partial charge in [-0.05, 0) is 51.4 Å². The second kappa shape index (κ2) is 39.2. The van der Waals surface area contributed by atoms with Crippen molar-refractivity contribution >= 4 is 19.8 Å². The summed E-state index contributed by atoms with van der Waals surface area (Å²) >= 11 is 0. The zero-order valence-electron chi connectivity index (χ0n) is 33.2. The van der Waals surface area contributed by atoms with E-state index in [1.165, 1.54) is 64.2 Å². The van der Waals surface area contributed by atoms with Crippen LogP contribution in [0.1, 0.15) is 155 Å². The van der Waals surface area contributed by atoms with Gasteiger partial charge in [0.1, 0.15) is 6.61 Å². The van der Waals surface area contributed by atoms with Crippen LogP contribution in [0.5, 0.6) is 0 Å². The number of carbonyl (C=O) groups is 2. The minimum absolute atomic E-state index is 0.0394. The largest absolute Gasteiger partial charge is 0.472 e. The first-order chi connectivity index (χ1) is 25.8. The molecule has 304 valence electrons. The van der Waals surface area contributed by atoms with Gasteiger partial charge in [0.05, 0.1) is 13.2 Å². The molecule has 0 saturated carbocycles. The Morgan fingerprint density at radius 2 is 1.04 bits per heavy atom. The van der Waals surface area contributed by atoms with E-state index in [9.17, 15) is 19.0 Å². The zero-order chi connectivity index (χ0) is 38.9. The molecule has 0 bridgehead atoms. The molecule has 0 amide bonds. The summed E-state index contributed by atoms with van der Waals surface area (Å²) < 4.78 is 32.6. The van der Waals surface area contributed by atoms with Crippen molar-refractivity contribution in [1.82, 2.24) is 0 Å². The van der Waals surface area contributed by atoms with Gasteiger partial charge in [-0.15, -0.1) is 0 Å². The number of unbranched alkanes of at least 4 members (excludes halogenated alkanes) is 12. The number of hydrogen-bond acceptors (Lipinski definition) is 8. The minimum Gasteiger partial charge on any atom is -0.462 e. The van der Waals surface area contributed by atoms with Gasteiger partial charge < -0.3 is 20.1 Å². The molecule has 2 unspecified atom stereocenters. The highest BCUT2D eigenvalue weighted by atomic mass is 31.2. The van der Waals surface area contributed by atoms with Crippen LogP contribution in [0.3, 0.4) is 0 Å². The second-order valence-corrected chi connectivity index (χ2v) is 14.6. The van der Waals surface area contributed by atoms with Gasteiger partial charge in [0.2, 0.25) is 0 Å². The normalized spacial score (nSPS) is 14.1. The number of ether oxygens (including phenoxy) is 2. The van der Waals surface area contributed by atoms with E-state index in [0.29, 0.717) is 6.42 Å². The fourth-order valence-corrected chi connectivity index (χ4v) is 5.89. The van der Waals surface area contributed by atoms with Crippen LogP contribution in [0.4, 0.5) is 0 Å². The molecule has 0 aromatic carbocycles. The summed E-state index contributed by atoms with van der Waals surface area (Å²) in [6, 6.07) is 0. The highest BCUT2D eigenvalue weighted by Crippen LogP contribution is 2.43. The van der Waals surface area contributed by atoms with Gasteiger partial charge in [-0.25, -0.2) is 4.57 Å². The number of rotatable bonds is 37. The molecule has 0 aliphatic carbocycles. The van der Waals surface area contributed by atoms with Crippen molar-refractivity contribution in [2.45, 2.75) is 161 Å². The number of carbonyl (C=O) groups excluding carboxylic acids is 2. The van der Waals surface area contributed by atoms with Crippen LogP contribution < -0.4 is 5.73 Å². The van der Waals surface area contributed by atoms with Gasteiger partial charge in [-0.1, -0.05) is 164 Å². The number of phosphoric ester groups is 1. The molecule has 0 radical (unpaired) electrons. The Balaban J connectivity index is 4.33. The lowest BCUT2D eigenvalue weighted by Gasteiger charge is -2.19. The van der Waals surface area contributed by atoms with Gasteiger partial charge in [0, 0.05) is 19.4 Å². The Kier molecular flexibility index (Phi) is 37.3. The first-order valence-corrected chi connectivity index (χ1v) is 21.9. The fraction of sp³-hybridized carbons (Fsp3) is 0.674. The van der Waals surface area contributed by atoms with E-state index in [1.54, 1.807) is 0 Å². The van der Waals surface area contributed by atoms with Crippen LogP contribution in [0, 0.1) is 0 Å². The van der Waals surface area contributed by atoms with Crippen molar-refractivity contribution in [1.29, 1.82) is 0 Å². The maximum Gasteiger partial charge on any atom is 0.472 e. The molecule has 0 aliphatic heterocycles. The predicted molar refractivity (Wildman–Crippen MR) is 219 cm³/mol. The molecule has 2 atom stereocenters. The van der Waals surface area contributed by atoms with E-state index >= 15 is 0 Å². The number of phosphoric acid groups is 1. The molecule has 9 nitrogen and oxygen atoms in total. The molecular weight excluding hydrogens is 689 g/mol. The van der Waals surface area contributed by atoms with Crippen molar-refractivity contribution in [3.8, 4) is 0 Å². The first-order valence-electron chi connectivity index (χ1n) is 20.4. The summed E-state index contributed by atoms with van der Waals surface area (Å²) in [6.07, 6.45) is 46.6. The summed E-state index contributed by atoms with van der Waals surface area (Å²) in [5.41, 5.74) is 5.33. The minimum atomic E-state index is -4.40. The van der Waals surface area contributed by atoms with Crippen molar-refractivity contribution in [2.75, 3.05) is 26.4 Å². The Bertz CT molecular complexity index is 1100. The highest BCUT2D eigenvalue weighted by molar-refractivity contribution is 7.47. The molecular formula is C43H74NO8P. The lowest BCUT2D eigenvalue weighted by molar-refractivity contribution is -0.161. The third-order valence-corrected chi connectivity index (χ3v) is 9.10. The number of hydrogen-bond donors (Lipinski definition) is 2. The summed E-state index contributed by atoms with van der Waals surface area (Å²) in [5, 5.41) is 0. The summed E-state index contributed by atoms with van der Waals surface area (Å²) in [7, 11) is -4.40. The molecule has 0 aromatic rings. The average Bonchev–Trinajstić information content (AvgIpc) is 3.14. The van der Waals surface area contributed by atoms with E-state index in [2.05, 4.69) is 74.6 Å². The van der Waals surface area contributed by atoms with Crippen molar-refractivity contribution in [2.24, 2.45) is 5.73 Å². The molecule has 0 rings (SSSR count). The highest BCUT2D eigenvalue weighted by Gasteiger charge is 2.25. The summed E-state index contributed by atoms with van der Waals surface area (Å²) in [4.78, 5) is 34.7. The molecule has 53 heavy (non-hydrogen) atoms. The zero-order valence-corrected chi connectivity index (χ0v) is 34.1. The third-order valence-electron chi connectivity index (χ3n) is 8.12. The maximum absolute atomic E-state index is 12.5. The van der Waals surface area contributed by atoms with E-state index < -0.39 is 32.5 Å². The lowest BCUT2D eigenvalue weighted by Crippen LogP contribution is -2.29. The second-order valence-electron chi connectivity index (χ2n) is 13.1. The fourth-order valence-electron chi connectivity index (χ4n) is 5.13. The quantitative estimate of drug-likeness (QED) is 0.0274. The molecule has 0 heterocycles. The predicted octanol–water partition coefficient (Wildman–Crippen LogP) is 11.5. The van der Waals surface area contributed by atoms with Crippen LogP contribution >= 0.6 is 7.82 Å². The van der Waals surface area contributed by atoms with Crippen LogP contribution in [-0.2, 0) is 32.7 Å². The SMILES string of the molecule is CC/C=C\C/C=C\C/C=C\C/C=C\C/C=C\C/C=C\CCC(=O)OC(COC(=O)CCCCCCCCCCCCCCC)COP(=O)(O)OCCN. The first kappa shape index (κ1) is 50.5. The van der Waals surface area contributed by atoms with E-state index in [-0.39, 0.29) is 32.6 Å². The Labute approximate surface area is 322 Å². The van der Waals surface area contributed by atoms with Gasteiger partial charge in [-0.2, -0.15) is 0 Å². The van der Waals surface area contributed by atoms with E-state index in [4.69, 9.17) is 24.3 Å². The van der Waals surface area contributed by atoms with Gasteiger partial charge in [-0.3, -0.25) is 18.6 Å². The molecule has 0 fully saturated rings. The standard InChI is InChI=1S/C43H74NO8P/c1-3-5-7-9-11-13-15-17-18-19-20-21-22-24-26-28-30-32-34-36-43(46)52-41(40-51-53(47,48)50-38-37-44)39-49-42(45)35-33-31-29-27-25-23-16-14-12-10-8-6-4-2/h5,7,11,13,17-18,20-21,24,26,30,32,41H,3-4,6,8-10,12,14-16,19,22-23,25,27-29,31,33-40,44H2,1-2H3,(H,47,48)/b7-5-,13-11-,18-17-,21-20-,26-24-,32-30-. The average molecular weight is 764 g/mol. The number of allylic oxidation sites excluding steroid dienone is 12. The Hall–Kier alpha value is -2.55. The molecule has 0 saturated heterocycles. The number of nitrogens with two attached hydrogens (primary N) is 1. The van der Waals surface area contributed by atoms with E-state index in [1.807, 2.05) is 12.2 Å². The smallest absolute Gasteiger partial charge is 0.462 e. The third kappa shape index (κ3) is 39.0. The molecule has 0 aliphatic rings. The van der Waals surface area contributed by atoms with Gasteiger partial charge >= 0.3 is 19.8 Å². The van der Waals surface area contributed by atoms with Crippen LogP contribution in [0.2, 0.25) is 0 Å². The van der Waals surface area contributed by atoms with Gasteiger partial charge in [0.25, 0.3) is 0 Å². The molecule has 0 aromatic heterocycles. The van der Waals surface area contributed by atoms with Crippen molar-refractivity contribution < 1.29 is 37.6 Å². The topological polar surface area (TPSA) is 134 Å². The molecule has 3 N–H and O–H groups in total. The monoisotopic (exact) mass is 764 g/mol. The van der Waals surface area contributed by atoms with Crippen LogP contribution in [-0.4, -0.2) is 49.3 Å². The summed E-state index contributed by atoms with van der Waals surface area (Å²) in [6.45, 7) is 3.51. The van der Waals surface area contributed by atoms with Crippen LogP contribution in [0.15, 0.2) is 72.9 Å². The van der Waals surface area contributed by atoms with Crippen molar-refractivity contribution in [3.63, 3.8) is 0 Å². The summed E-state index contributed by atoms with van der Waals surface area (Å²) in [5.74, 6) is -0.931. The lowest BCUT2D eigenvalue weighted by atomic mass is 10.0. The Morgan fingerprint density at radius 3 is 1.51 bits per heavy atom. The van der Waals surface area contributed by atoms with E-state index in [0.717, 1.165) is 57.8 Å².